The molecule has 0 heterocycles. The third-order valence-electron chi connectivity index (χ3n) is 6.97. The molecule has 0 nitrogen and oxygen atoms in total. The maximum atomic E-state index is 3.91. The highest BCUT2D eigenvalue weighted by molar-refractivity contribution is 9.11. The van der Waals surface area contributed by atoms with Crippen molar-refractivity contribution in [1.82, 2.24) is 0 Å². The molecule has 0 unspecified atom stereocenters. The molecule has 0 aliphatic carbocycles. The molecule has 7 aromatic carbocycles. The van der Waals surface area contributed by atoms with Crippen LogP contribution in [0, 0.1) is 0 Å². The Balaban J connectivity index is 1.72. The Hall–Kier alpha value is -3.20. The van der Waals surface area contributed by atoms with Gasteiger partial charge in [0.2, 0.25) is 0 Å². The van der Waals surface area contributed by atoms with Crippen molar-refractivity contribution in [3.63, 3.8) is 0 Å². The molecule has 0 N–H and O–H groups in total. The van der Waals surface area contributed by atoms with Gasteiger partial charge in [-0.15, -0.1) is 0 Å². The van der Waals surface area contributed by atoms with E-state index in [1.807, 2.05) is 0 Å². The highest BCUT2D eigenvalue weighted by Crippen LogP contribution is 2.48. The molecule has 34 heavy (non-hydrogen) atoms. The average Bonchev–Trinajstić information content (AvgIpc) is 2.89. The van der Waals surface area contributed by atoms with Crippen molar-refractivity contribution in [2.75, 3.05) is 0 Å². The Morgan fingerprint density at radius 3 is 1.12 bits per heavy atom. The molecule has 0 radical (unpaired) electrons. The van der Waals surface area contributed by atoms with Crippen LogP contribution in [0.25, 0.3) is 65.3 Å². The van der Waals surface area contributed by atoms with Gasteiger partial charge in [0, 0.05) is 19.7 Å². The van der Waals surface area contributed by atoms with E-state index in [0.29, 0.717) is 0 Å². The van der Waals surface area contributed by atoms with Crippen LogP contribution in [-0.2, 0) is 0 Å². The third-order valence-corrected chi connectivity index (χ3v) is 8.29. The molecule has 0 spiro atoms. The third kappa shape index (κ3) is 2.82. The van der Waals surface area contributed by atoms with E-state index in [0.717, 1.165) is 8.95 Å². The number of halogens is 2. The fourth-order valence-electron chi connectivity index (χ4n) is 5.52. The van der Waals surface area contributed by atoms with Crippen LogP contribution in [0.1, 0.15) is 0 Å². The molecule has 160 valence electrons. The van der Waals surface area contributed by atoms with Crippen LogP contribution in [-0.4, -0.2) is 0 Å². The highest BCUT2D eigenvalue weighted by atomic mass is 79.9. The normalized spacial score (nSPS) is 11.8. The molecule has 7 aromatic rings. The van der Waals surface area contributed by atoms with Crippen LogP contribution < -0.4 is 0 Å². The molecule has 0 bridgehead atoms. The van der Waals surface area contributed by atoms with Crippen LogP contribution in [0.3, 0.4) is 0 Å². The van der Waals surface area contributed by atoms with Gasteiger partial charge in [0.05, 0.1) is 0 Å². The van der Waals surface area contributed by atoms with Gasteiger partial charge in [-0.25, -0.2) is 0 Å². The minimum atomic E-state index is 1.13. The molecular formula is C32H18Br2. The molecule has 0 saturated heterocycles. The lowest BCUT2D eigenvalue weighted by Gasteiger charge is -2.20. The van der Waals surface area contributed by atoms with Gasteiger partial charge >= 0.3 is 0 Å². The Kier molecular flexibility index (Phi) is 4.55. The van der Waals surface area contributed by atoms with Gasteiger partial charge in [-0.1, -0.05) is 129 Å². The van der Waals surface area contributed by atoms with Crippen molar-refractivity contribution in [2.45, 2.75) is 0 Å². The van der Waals surface area contributed by atoms with Crippen LogP contribution in [0.2, 0.25) is 0 Å². The van der Waals surface area contributed by atoms with Gasteiger partial charge in [0.15, 0.2) is 0 Å². The number of rotatable bonds is 2. The Morgan fingerprint density at radius 2 is 0.706 bits per heavy atom. The topological polar surface area (TPSA) is 0 Å². The minimum Gasteiger partial charge on any atom is -0.0622 e. The maximum Gasteiger partial charge on any atom is 0.0260 e. The van der Waals surface area contributed by atoms with Crippen molar-refractivity contribution < 1.29 is 0 Å². The molecule has 0 saturated carbocycles. The lowest BCUT2D eigenvalue weighted by molar-refractivity contribution is 1.65. The quantitative estimate of drug-likeness (QED) is 0.145. The molecule has 7 rings (SSSR count). The summed E-state index contributed by atoms with van der Waals surface area (Å²) in [5, 5.41) is 10.3. The second-order valence-corrected chi connectivity index (χ2v) is 10.5. The van der Waals surface area contributed by atoms with Crippen molar-refractivity contribution >= 4 is 74.9 Å². The zero-order valence-electron chi connectivity index (χ0n) is 18.1. The first kappa shape index (κ1) is 20.2. The first-order valence-corrected chi connectivity index (χ1v) is 12.9. The summed E-state index contributed by atoms with van der Waals surface area (Å²) < 4.78 is 2.26. The van der Waals surface area contributed by atoms with Crippen LogP contribution in [0.4, 0.5) is 0 Å². The van der Waals surface area contributed by atoms with Gasteiger partial charge < -0.3 is 0 Å². The summed E-state index contributed by atoms with van der Waals surface area (Å²) >= 11 is 7.83. The summed E-state index contributed by atoms with van der Waals surface area (Å²) in [6, 6.07) is 39.4. The molecule has 0 amide bonds. The van der Waals surface area contributed by atoms with E-state index in [9.17, 15) is 0 Å². The van der Waals surface area contributed by atoms with E-state index in [1.165, 1.54) is 65.3 Å². The highest BCUT2D eigenvalue weighted by Gasteiger charge is 2.20. The minimum absolute atomic E-state index is 1.13. The summed E-state index contributed by atoms with van der Waals surface area (Å²) in [6.07, 6.45) is 0. The van der Waals surface area contributed by atoms with Gasteiger partial charge in [0.25, 0.3) is 0 Å². The first-order valence-electron chi connectivity index (χ1n) is 11.3. The van der Waals surface area contributed by atoms with Crippen LogP contribution in [0.5, 0.6) is 0 Å². The van der Waals surface area contributed by atoms with Crippen molar-refractivity contribution in [1.29, 1.82) is 0 Å². The Labute approximate surface area is 214 Å². The SMILES string of the molecule is Brc1ccc2c(-c3ccccc3)ccc3c4c(Br)ccc5c(-c6ccccc6)ccc(c1c23)c54. The summed E-state index contributed by atoms with van der Waals surface area (Å²) in [6.45, 7) is 0. The summed E-state index contributed by atoms with van der Waals surface area (Å²) in [5.41, 5.74) is 5.01. The van der Waals surface area contributed by atoms with E-state index >= 15 is 0 Å². The second kappa shape index (κ2) is 7.66. The number of hydrogen-bond acceptors (Lipinski definition) is 0. The molecule has 0 aliphatic heterocycles. The smallest absolute Gasteiger partial charge is 0.0260 e. The fourth-order valence-corrected chi connectivity index (χ4v) is 6.61. The van der Waals surface area contributed by atoms with E-state index in [4.69, 9.17) is 0 Å². The zero-order valence-corrected chi connectivity index (χ0v) is 21.3. The fraction of sp³-hybridized carbons (Fsp3) is 0. The number of benzene rings is 7. The van der Waals surface area contributed by atoms with Crippen molar-refractivity contribution in [2.24, 2.45) is 0 Å². The van der Waals surface area contributed by atoms with Crippen molar-refractivity contribution in [3.8, 4) is 22.3 Å². The van der Waals surface area contributed by atoms with Crippen molar-refractivity contribution in [3.05, 3.63) is 118 Å². The second-order valence-electron chi connectivity index (χ2n) is 8.74. The predicted octanol–water partition coefficient (Wildman–Crippen LogP) is 10.6. The Bertz CT molecular complexity index is 1710. The van der Waals surface area contributed by atoms with E-state index in [2.05, 4.69) is 141 Å². The molecule has 0 aromatic heterocycles. The van der Waals surface area contributed by atoms with E-state index < -0.39 is 0 Å². The predicted molar refractivity (Wildman–Crippen MR) is 154 cm³/mol. The monoisotopic (exact) mass is 560 g/mol. The molecule has 2 heteroatoms. The van der Waals surface area contributed by atoms with Crippen LogP contribution in [0.15, 0.2) is 118 Å². The van der Waals surface area contributed by atoms with E-state index in [-0.39, 0.29) is 0 Å². The summed E-state index contributed by atoms with van der Waals surface area (Å²) in [7, 11) is 0. The average molecular weight is 562 g/mol. The van der Waals surface area contributed by atoms with Crippen LogP contribution >= 0.6 is 31.9 Å². The lowest BCUT2D eigenvalue weighted by atomic mass is 9.85. The molecular weight excluding hydrogens is 544 g/mol. The van der Waals surface area contributed by atoms with E-state index in [1.54, 1.807) is 0 Å². The van der Waals surface area contributed by atoms with Gasteiger partial charge in [-0.05, 0) is 66.7 Å². The van der Waals surface area contributed by atoms with Gasteiger partial charge in [-0.3, -0.25) is 0 Å². The first-order chi connectivity index (χ1) is 16.7. The summed E-state index contributed by atoms with van der Waals surface area (Å²) in [5.74, 6) is 0. The largest absolute Gasteiger partial charge is 0.0622 e. The molecule has 0 atom stereocenters. The molecule has 0 aliphatic rings. The Morgan fingerprint density at radius 1 is 0.324 bits per heavy atom. The standard InChI is InChI=1S/C32H18Br2/c33-27-17-15-23-21(19-7-3-1-4-8-19)11-13-25-29(23)31(27)26-14-12-22(20-9-5-2-6-10-20)24-16-18-28(34)32(25)30(24)26/h1-18H. The van der Waals surface area contributed by atoms with Gasteiger partial charge in [-0.2, -0.15) is 0 Å². The summed E-state index contributed by atoms with van der Waals surface area (Å²) in [4.78, 5) is 0. The lowest BCUT2D eigenvalue weighted by Crippen LogP contribution is -1.92. The van der Waals surface area contributed by atoms with Gasteiger partial charge in [0.1, 0.15) is 0 Å². The maximum absolute atomic E-state index is 3.91. The zero-order chi connectivity index (χ0) is 22.8. The number of fused-ring (bicyclic) bond motifs is 2. The number of hydrogen-bond donors (Lipinski definition) is 0. The molecule has 0 fully saturated rings.